The van der Waals surface area contributed by atoms with Crippen molar-refractivity contribution in [2.45, 2.75) is 154 Å². The summed E-state index contributed by atoms with van der Waals surface area (Å²) in [6.45, 7) is 16.1. The number of nitrogens with two attached hydrogens (primary N) is 1. The summed E-state index contributed by atoms with van der Waals surface area (Å²) in [4.78, 5) is 123. The van der Waals surface area contributed by atoms with Gasteiger partial charge in [0.1, 0.15) is 78.5 Å². The Labute approximate surface area is 690 Å². The molecule has 4 saturated heterocycles. The standard InChI is InChI=1S/C25H25FN4O3.C19H25FN2O3.C14H17FN2O.C11H10N2O3.C10H16FNO4.C9H11N.ClH/c1-10(31)23-12-4-2-3-5-13(12)30(28-23)8-15(32)29-7-11(26)6-14(29)24(33)27-9-25-20-17-16-18(20)22(25)19(16)21(17)25;1-18(2,3)25-17(24)22-5-7(20)4-8(22)16(23)21-6-19-13-10-9-11(13)15(19)12(9)14(10)19;15-4-1-5(16-2-4)13(18)17-3-14-10-7-6-8(10)12(14)9(6)11(7)14;1-7(14)11-8-4-2-3-5-9(8)13(12-11)6-10(15)16;1-10(2,3)16-9(15)12-5-6(11)4-7(12)8(13)14;10-1-9-6-3-2-4(6)8(9)5(2)7(3)9;/h2-5,11,14,16-22H,6-9H2,1H3,(H,27,33);7-15H,4-6H2,1-3H3,(H,21,23);4-12,16H,1-3H2,(H,17,18);2-5H,6H2,1H3,(H,15,16);6-7H,4-5H2,1-3H3,(H,13,14);2-8H,1,10H2;1H/t11-,14+,16?,17?,18?,19?,20?,21?,22?,25?;7-,8+,9?,10?,11?,12?,13?,14?,15?,19?;4-,5+,6?,7?,8?,9?,10?,11?,12?,14?;;6-,7+;;/m111.1../s1. The minimum atomic E-state index is -1.30. The van der Waals surface area contributed by atoms with E-state index in [1.165, 1.54) is 74.4 Å². The second kappa shape index (κ2) is 24.9. The molecule has 0 radical (unpaired) electrons. The summed E-state index contributed by atoms with van der Waals surface area (Å²) in [7, 11) is 0. The van der Waals surface area contributed by atoms with Crippen molar-refractivity contribution in [2.24, 2.45) is 193 Å². The van der Waals surface area contributed by atoms with Gasteiger partial charge in [0.25, 0.3) is 0 Å². The van der Waals surface area contributed by atoms with Gasteiger partial charge in [-0.05, 0) is 248 Å². The SMILES string of the molecule is CC(=O)c1nn(CC(=O)N2C[C@H](F)C[C@H]2C(=O)NCC23C4C5C6C4C2C6C53)c2ccccc12.CC(=O)c1nn(CC(=O)O)c2ccccc12.CC(C)(C)OC(=O)N1C[C@H](F)C[C@H]1C(=O)NCC12C3C4C5C3C1C5C42.CC(C)(C)OC(=O)N1C[C@H](F)C[C@H]1C(=O)O.Cl.NCC12C3C4C5C3C1C5C42.O=C(NCC12C3C4C5C3C1C5C42)[C@@H]1C[C@@H](F)CN1. The number of carboxylic acids is 2. The fraction of sp³-hybridized carbons (Fsp3) is 0.727. The van der Waals surface area contributed by atoms with Gasteiger partial charge in [-0.15, -0.1) is 12.4 Å². The van der Waals surface area contributed by atoms with Crippen molar-refractivity contribution < 1.29 is 85.2 Å². The van der Waals surface area contributed by atoms with Crippen LogP contribution >= 0.6 is 12.4 Å². The summed E-state index contributed by atoms with van der Waals surface area (Å²) >= 11 is 0. The maximum absolute atomic E-state index is 14.4. The fourth-order valence-electron chi connectivity index (χ4n) is 33.9. The topological polar surface area (TPSA) is 349 Å². The largest absolute Gasteiger partial charge is 0.480 e. The molecule has 0 bridgehead atoms. The number of carboxylic acid groups (broad SMARTS) is 2. The lowest BCUT2D eigenvalue weighted by Crippen LogP contribution is -3.06. The first-order valence-corrected chi connectivity index (χ1v) is 43.7. The second-order valence-electron chi connectivity index (χ2n) is 42.4. The zero-order valence-corrected chi connectivity index (χ0v) is 68.5. The summed E-state index contributed by atoms with van der Waals surface area (Å²) in [6, 6.07) is 11.4. The molecule has 26 nitrogen and oxygen atoms in total. The number of likely N-dealkylation sites (tertiary alicyclic amines) is 3. The van der Waals surface area contributed by atoms with E-state index in [-0.39, 0.29) is 106 Å². The number of Topliss-reactive ketones (excluding diaryl/α,β-unsaturated/α-hetero) is 2. The highest BCUT2D eigenvalue weighted by Crippen LogP contribution is 3.08. The number of benzene rings is 2. The van der Waals surface area contributed by atoms with Crippen LogP contribution in [-0.2, 0) is 51.3 Å². The first-order valence-electron chi connectivity index (χ1n) is 43.7. The molecule has 6 heterocycles. The number of carbonyl (C=O) groups is 10. The van der Waals surface area contributed by atoms with Gasteiger partial charge in [-0.1, -0.05) is 36.4 Å². The Morgan fingerprint density at radius 2 is 0.790 bits per heavy atom. The van der Waals surface area contributed by atoms with Crippen molar-refractivity contribution in [3.8, 4) is 0 Å². The third-order valence-corrected chi connectivity index (χ3v) is 37.0. The average Bonchev–Trinajstić information content (AvgIpc) is 0.910. The van der Waals surface area contributed by atoms with Crippen molar-refractivity contribution in [2.75, 3.05) is 52.4 Å². The van der Waals surface area contributed by atoms with Crippen LogP contribution in [0.25, 0.3) is 21.8 Å². The molecule has 32 rings (SSSR count). The highest BCUT2D eigenvalue weighted by Gasteiger charge is 3.06. The van der Waals surface area contributed by atoms with Gasteiger partial charge in [-0.2, -0.15) is 10.2 Å². The summed E-state index contributed by atoms with van der Waals surface area (Å²) in [5, 5.41) is 39.6. The van der Waals surface area contributed by atoms with Gasteiger partial charge in [-0.25, -0.2) is 31.9 Å². The highest BCUT2D eigenvalue weighted by molar-refractivity contribution is 6.06. The Balaban J connectivity index is 0.0000000889. The first kappa shape index (κ1) is 77.1. The van der Waals surface area contributed by atoms with Crippen LogP contribution < -0.4 is 27.0 Å². The third-order valence-electron chi connectivity index (χ3n) is 37.0. The van der Waals surface area contributed by atoms with E-state index in [0.29, 0.717) is 68.9 Å². The lowest BCUT2D eigenvalue weighted by Gasteiger charge is -3.08. The molecule has 24 aliphatic carbocycles. The Bertz CT molecular complexity index is 4960. The van der Waals surface area contributed by atoms with Crippen LogP contribution in [0.1, 0.15) is 102 Å². The molecule has 4 aromatic rings. The van der Waals surface area contributed by atoms with E-state index in [1.54, 1.807) is 77.9 Å². The Kier molecular flexibility index (Phi) is 16.1. The maximum Gasteiger partial charge on any atom is 0.411 e. The molecule has 8 N–H and O–H groups in total. The molecule has 8 atom stereocenters. The normalized spacial score (nSPS) is 47.5. The number of para-hydroxylation sites is 2. The zero-order valence-electron chi connectivity index (χ0n) is 67.7. The number of hydrogen-bond donors (Lipinski definition) is 7. The average molecular weight is 1670 g/mol. The Morgan fingerprint density at radius 1 is 0.462 bits per heavy atom. The number of aliphatic carboxylic acids is 2. The Hall–Kier alpha value is -7.99. The van der Waals surface area contributed by atoms with E-state index in [9.17, 15) is 65.5 Å². The van der Waals surface area contributed by atoms with Gasteiger partial charge in [0.05, 0.1) is 36.7 Å². The monoisotopic (exact) mass is 1660 g/mol. The molecule has 6 amide bonds. The molecule has 0 spiro atoms. The summed E-state index contributed by atoms with van der Waals surface area (Å²) in [5.74, 6) is 25.4. The van der Waals surface area contributed by atoms with Crippen LogP contribution in [0.2, 0.25) is 0 Å². The molecule has 4 aliphatic heterocycles. The number of amides is 6. The minimum absolute atomic E-state index is 0. The van der Waals surface area contributed by atoms with Gasteiger partial charge in [-0.3, -0.25) is 52.7 Å². The van der Waals surface area contributed by atoms with Crippen molar-refractivity contribution >= 4 is 93.5 Å². The number of ether oxygens (including phenoxy) is 2. The second-order valence-corrected chi connectivity index (χ2v) is 42.4. The predicted molar refractivity (Wildman–Crippen MR) is 416 cm³/mol. The smallest absolute Gasteiger partial charge is 0.411 e. The van der Waals surface area contributed by atoms with E-state index in [2.05, 4.69) is 31.5 Å². The summed E-state index contributed by atoms with van der Waals surface area (Å²) < 4.78 is 67.5. The molecule has 2 aromatic heterocycles. The number of alkyl halides is 4. The number of aromatic nitrogens is 4. The molecular formula is C88H105ClF4N12O14. The lowest BCUT2D eigenvalue weighted by molar-refractivity contribution is -0.612. The zero-order chi connectivity index (χ0) is 82.1. The van der Waals surface area contributed by atoms with Crippen molar-refractivity contribution in [3.05, 3.63) is 59.9 Å². The third kappa shape index (κ3) is 9.17. The van der Waals surface area contributed by atoms with Crippen molar-refractivity contribution in [1.29, 1.82) is 0 Å². The van der Waals surface area contributed by atoms with Gasteiger partial charge < -0.3 is 51.6 Å². The molecule has 24 saturated carbocycles. The predicted octanol–water partition coefficient (Wildman–Crippen LogP) is 7.13. The van der Waals surface area contributed by atoms with Gasteiger partial charge >= 0.3 is 24.1 Å². The summed E-state index contributed by atoms with van der Waals surface area (Å²) in [5.41, 5.74) is 8.50. The maximum atomic E-state index is 14.4. The number of halogens is 5. The lowest BCUT2D eigenvalue weighted by atomic mass is 8.96. The number of ketones is 2. The van der Waals surface area contributed by atoms with Gasteiger partial charge in [0.2, 0.25) is 23.6 Å². The fourth-order valence-corrected chi connectivity index (χ4v) is 33.9. The number of carbonyl (C=O) groups excluding carboxylic acids is 8. The van der Waals surface area contributed by atoms with Gasteiger partial charge in [0, 0.05) is 76.5 Å². The van der Waals surface area contributed by atoms with Crippen LogP contribution in [0.15, 0.2) is 48.5 Å². The molecule has 119 heavy (non-hydrogen) atoms. The first-order chi connectivity index (χ1) is 56.2. The molecule has 0 unspecified atom stereocenters. The summed E-state index contributed by atoms with van der Waals surface area (Å²) in [6.07, 6.45) is -5.59. The number of fused-ring (bicyclic) bond motifs is 2. The Morgan fingerprint density at radius 3 is 1.12 bits per heavy atom. The van der Waals surface area contributed by atoms with Crippen LogP contribution in [0, 0.1) is 187 Å². The van der Waals surface area contributed by atoms with Crippen molar-refractivity contribution in [1.82, 2.24) is 55.5 Å². The van der Waals surface area contributed by atoms with E-state index >= 15 is 0 Å². The van der Waals surface area contributed by atoms with Crippen LogP contribution in [-0.4, -0.2) is 216 Å². The van der Waals surface area contributed by atoms with Crippen LogP contribution in [0.4, 0.5) is 27.2 Å². The number of rotatable bonds is 17. The number of nitrogens with one attached hydrogen (secondary N) is 4. The number of hydrogen-bond acceptors (Lipinski definition) is 16. The molecule has 2 aromatic carbocycles. The molecule has 28 fully saturated rings. The highest BCUT2D eigenvalue weighted by atomic mass is 35.5. The molecular weight excluding hydrogens is 1560 g/mol. The van der Waals surface area contributed by atoms with E-state index in [0.717, 1.165) is 154 Å². The van der Waals surface area contributed by atoms with Gasteiger partial charge in [0.15, 0.2) is 11.6 Å². The van der Waals surface area contributed by atoms with E-state index < -0.39 is 78.1 Å². The number of nitrogens with zero attached hydrogens (tertiary/aromatic N) is 7. The molecule has 31 heteroatoms. The quantitative estimate of drug-likeness (QED) is 0.0408. The van der Waals surface area contributed by atoms with E-state index in [4.69, 9.17) is 25.4 Å². The minimum Gasteiger partial charge on any atom is -0.480 e. The van der Waals surface area contributed by atoms with Crippen LogP contribution in [0.5, 0.6) is 0 Å². The molecule has 636 valence electrons. The van der Waals surface area contributed by atoms with Crippen LogP contribution in [0.3, 0.4) is 0 Å². The van der Waals surface area contributed by atoms with Crippen molar-refractivity contribution in [3.63, 3.8) is 0 Å². The molecule has 28 aliphatic rings. The van der Waals surface area contributed by atoms with E-state index in [1.807, 2.05) is 12.1 Å².